The normalized spacial score (nSPS) is 13.2. The summed E-state index contributed by atoms with van der Waals surface area (Å²) in [7, 11) is 0. The van der Waals surface area contributed by atoms with Gasteiger partial charge in [-0.2, -0.15) is 0 Å². The van der Waals surface area contributed by atoms with Gasteiger partial charge in [0, 0.05) is 50.9 Å². The average molecular weight is 584 g/mol. The van der Waals surface area contributed by atoms with E-state index in [9.17, 15) is 19.5 Å². The number of anilines is 2. The molecule has 0 saturated carbocycles. The van der Waals surface area contributed by atoms with Gasteiger partial charge in [-0.15, -0.1) is 0 Å². The van der Waals surface area contributed by atoms with Crippen LogP contribution in [-0.4, -0.2) is 65.7 Å². The van der Waals surface area contributed by atoms with Crippen LogP contribution >= 0.6 is 0 Å². The summed E-state index contributed by atoms with van der Waals surface area (Å²) in [5.41, 5.74) is 5.46. The van der Waals surface area contributed by atoms with Crippen molar-refractivity contribution in [3.05, 3.63) is 60.1 Å². The number of hydrazine groups is 1. The molecule has 7 N–H and O–H groups in total. The van der Waals surface area contributed by atoms with E-state index in [0.717, 1.165) is 49.4 Å². The second-order valence-corrected chi connectivity index (χ2v) is 11.2. The Labute approximate surface area is 247 Å². The van der Waals surface area contributed by atoms with Crippen molar-refractivity contribution < 1.29 is 24.2 Å². The molecule has 42 heavy (non-hydrogen) atoms. The van der Waals surface area contributed by atoms with Crippen LogP contribution in [0, 0.1) is 0 Å². The number of carboxylic acid groups (broad SMARTS) is 1. The zero-order chi connectivity index (χ0) is 30.5. The number of hydrogen-bond acceptors (Lipinski definition) is 8. The van der Waals surface area contributed by atoms with Crippen molar-refractivity contribution in [2.45, 2.75) is 71.1 Å². The average Bonchev–Trinajstić information content (AvgIpc) is 3.59. The summed E-state index contributed by atoms with van der Waals surface area (Å²) >= 11 is 0. The maximum atomic E-state index is 12.8. The molecule has 1 aromatic heterocycles. The smallest absolute Gasteiger partial charge is 0.328 e. The van der Waals surface area contributed by atoms with Crippen LogP contribution in [0.15, 0.2) is 49.0 Å². The van der Waals surface area contributed by atoms with Crippen LogP contribution in [0.2, 0.25) is 0 Å². The monoisotopic (exact) mass is 583 g/mol. The molecule has 0 aliphatic carbocycles. The molecule has 0 bridgehead atoms. The Morgan fingerprint density at radius 2 is 1.90 bits per heavy atom. The number of benzene rings is 1. The maximum absolute atomic E-state index is 12.8. The highest BCUT2D eigenvalue weighted by Gasteiger charge is 2.23. The number of aromatic nitrogens is 1. The second kappa shape index (κ2) is 15.7. The third kappa shape index (κ3) is 11.0. The number of unbranched alkanes of at least 4 members (excludes halogenated alkanes) is 2. The molecule has 2 heterocycles. The minimum atomic E-state index is -1.22. The SMILES string of the molecule is C=C(NCCCCCC(=O)N[C@@H](CNC(=O)c1ccc2c(c1)CNN2CCCNc1ccc[nH]1)C(=O)O)OC(C)(C)C. The molecular weight excluding hydrogens is 538 g/mol. The van der Waals surface area contributed by atoms with Gasteiger partial charge in [0.25, 0.3) is 5.91 Å². The molecule has 2 aromatic rings. The fourth-order valence-electron chi connectivity index (χ4n) is 4.48. The van der Waals surface area contributed by atoms with E-state index in [1.165, 1.54) is 0 Å². The van der Waals surface area contributed by atoms with Gasteiger partial charge < -0.3 is 41.1 Å². The Balaban J connectivity index is 1.35. The molecule has 12 heteroatoms. The van der Waals surface area contributed by atoms with Crippen LogP contribution in [0.3, 0.4) is 0 Å². The molecule has 230 valence electrons. The first-order valence-corrected chi connectivity index (χ1v) is 14.5. The number of hydrogen-bond donors (Lipinski definition) is 7. The van der Waals surface area contributed by atoms with E-state index in [4.69, 9.17) is 4.74 Å². The van der Waals surface area contributed by atoms with Crippen LogP contribution in [0.25, 0.3) is 0 Å². The van der Waals surface area contributed by atoms with E-state index in [0.29, 0.717) is 31.0 Å². The zero-order valence-corrected chi connectivity index (χ0v) is 24.8. The fraction of sp³-hybridized carbons (Fsp3) is 0.500. The number of aliphatic carboxylic acids is 1. The number of aromatic amines is 1. The third-order valence-electron chi connectivity index (χ3n) is 6.50. The Hall–Kier alpha value is -4.19. The van der Waals surface area contributed by atoms with E-state index < -0.39 is 17.9 Å². The number of carbonyl (C=O) groups excluding carboxylic acids is 2. The lowest BCUT2D eigenvalue weighted by Crippen LogP contribution is -2.48. The van der Waals surface area contributed by atoms with E-state index in [1.54, 1.807) is 6.07 Å². The van der Waals surface area contributed by atoms with Crippen molar-refractivity contribution >= 4 is 29.3 Å². The molecular formula is C30H45N7O5. The van der Waals surface area contributed by atoms with Gasteiger partial charge >= 0.3 is 5.97 Å². The number of H-pyrrole nitrogens is 1. The van der Waals surface area contributed by atoms with E-state index in [-0.39, 0.29) is 24.5 Å². The quantitative estimate of drug-likeness (QED) is 0.103. The molecule has 1 atom stereocenters. The predicted octanol–water partition coefficient (Wildman–Crippen LogP) is 3.08. The van der Waals surface area contributed by atoms with Crippen molar-refractivity contribution in [1.82, 2.24) is 26.4 Å². The van der Waals surface area contributed by atoms with Crippen LogP contribution < -0.4 is 31.7 Å². The molecule has 12 nitrogen and oxygen atoms in total. The zero-order valence-electron chi connectivity index (χ0n) is 24.8. The summed E-state index contributed by atoms with van der Waals surface area (Å²) in [6, 6.07) is 8.13. The summed E-state index contributed by atoms with van der Waals surface area (Å²) < 4.78 is 5.60. The van der Waals surface area contributed by atoms with Crippen LogP contribution in [0.5, 0.6) is 0 Å². The van der Waals surface area contributed by atoms with Crippen LogP contribution in [-0.2, 0) is 20.9 Å². The number of carboxylic acids is 1. The first kappa shape index (κ1) is 32.3. The minimum Gasteiger partial charge on any atom is -0.480 e. The molecule has 0 fully saturated rings. The highest BCUT2D eigenvalue weighted by molar-refractivity contribution is 5.95. The molecule has 2 amide bonds. The molecule has 0 saturated heterocycles. The van der Waals surface area contributed by atoms with Crippen molar-refractivity contribution in [2.75, 3.05) is 36.5 Å². The topological polar surface area (TPSA) is 160 Å². The Morgan fingerprint density at radius 3 is 2.62 bits per heavy atom. The highest BCUT2D eigenvalue weighted by atomic mass is 16.5. The summed E-state index contributed by atoms with van der Waals surface area (Å²) in [5, 5.41) is 23.2. The lowest BCUT2D eigenvalue weighted by molar-refractivity contribution is -0.141. The molecule has 1 aromatic carbocycles. The van der Waals surface area contributed by atoms with E-state index in [1.807, 2.05) is 51.2 Å². The van der Waals surface area contributed by atoms with Crippen LogP contribution in [0.4, 0.5) is 11.5 Å². The van der Waals surface area contributed by atoms with Gasteiger partial charge in [-0.1, -0.05) is 6.42 Å². The number of amides is 2. The van der Waals surface area contributed by atoms with Gasteiger partial charge in [-0.05, 0) is 82.5 Å². The highest BCUT2D eigenvalue weighted by Crippen LogP contribution is 2.26. The number of fused-ring (bicyclic) bond motifs is 1. The largest absolute Gasteiger partial charge is 0.480 e. The lowest BCUT2D eigenvalue weighted by Gasteiger charge is -2.23. The Kier molecular flexibility index (Phi) is 12.1. The summed E-state index contributed by atoms with van der Waals surface area (Å²) in [6.07, 6.45) is 5.20. The predicted molar refractivity (Wildman–Crippen MR) is 163 cm³/mol. The van der Waals surface area contributed by atoms with Crippen molar-refractivity contribution in [3.8, 4) is 0 Å². The molecule has 1 aliphatic heterocycles. The van der Waals surface area contributed by atoms with Gasteiger partial charge in [0.05, 0.1) is 5.69 Å². The van der Waals surface area contributed by atoms with Crippen molar-refractivity contribution in [3.63, 3.8) is 0 Å². The summed E-state index contributed by atoms with van der Waals surface area (Å²) in [6.45, 7) is 12.3. The molecule has 3 rings (SSSR count). The van der Waals surface area contributed by atoms with E-state index >= 15 is 0 Å². The maximum Gasteiger partial charge on any atom is 0.328 e. The van der Waals surface area contributed by atoms with Gasteiger partial charge in [-0.25, -0.2) is 10.2 Å². The molecule has 1 aliphatic rings. The standard InChI is InChI=1S/C30H45N7O5/c1-21(42-30(2,3)4)31-14-7-5-6-11-27(38)36-24(29(40)41)20-34-28(39)22-12-13-25-23(18-22)19-35-37(25)17-9-16-33-26-10-8-15-32-26/h8,10,12-13,15,18,24,31-33,35H,1,5-7,9,11,14,16-17,19-20H2,2-4H3,(H,34,39)(H,36,38)(H,40,41)/t24-/m0/s1. The molecule has 0 unspecified atom stereocenters. The first-order chi connectivity index (χ1) is 20.0. The molecule has 0 radical (unpaired) electrons. The van der Waals surface area contributed by atoms with Gasteiger partial charge in [0.1, 0.15) is 17.5 Å². The third-order valence-corrected chi connectivity index (χ3v) is 6.50. The van der Waals surface area contributed by atoms with Crippen molar-refractivity contribution in [2.24, 2.45) is 0 Å². The van der Waals surface area contributed by atoms with Crippen molar-refractivity contribution in [1.29, 1.82) is 0 Å². The number of rotatable bonds is 18. The van der Waals surface area contributed by atoms with Gasteiger partial charge in [0.2, 0.25) is 5.91 Å². The van der Waals surface area contributed by atoms with Gasteiger partial charge in [-0.3, -0.25) is 9.59 Å². The minimum absolute atomic E-state index is 0.202. The van der Waals surface area contributed by atoms with Gasteiger partial charge in [0.15, 0.2) is 5.88 Å². The molecule has 0 spiro atoms. The number of nitrogens with one attached hydrogen (secondary N) is 6. The number of ether oxygens (including phenoxy) is 1. The fourth-order valence-corrected chi connectivity index (χ4v) is 4.48. The number of carbonyl (C=O) groups is 3. The van der Waals surface area contributed by atoms with E-state index in [2.05, 4.69) is 43.3 Å². The van der Waals surface area contributed by atoms with Crippen LogP contribution in [0.1, 0.15) is 68.8 Å². The summed E-state index contributed by atoms with van der Waals surface area (Å²) in [5.74, 6) is -0.463. The Bertz CT molecular complexity index is 1190. The lowest BCUT2D eigenvalue weighted by atomic mass is 10.1. The second-order valence-electron chi connectivity index (χ2n) is 11.2. The summed E-state index contributed by atoms with van der Waals surface area (Å²) in [4.78, 5) is 39.9. The first-order valence-electron chi connectivity index (χ1n) is 14.5. The number of nitrogens with zero attached hydrogens (tertiary/aromatic N) is 1. The Morgan fingerprint density at radius 1 is 1.10 bits per heavy atom.